The Labute approximate surface area is 98.6 Å². The number of rotatable bonds is 1. The third kappa shape index (κ3) is 1.67. The highest BCUT2D eigenvalue weighted by molar-refractivity contribution is 5.80. The van der Waals surface area contributed by atoms with Crippen molar-refractivity contribution in [2.24, 2.45) is 0 Å². The fourth-order valence-corrected chi connectivity index (χ4v) is 2.80. The van der Waals surface area contributed by atoms with Crippen LogP contribution in [0.15, 0.2) is 4.79 Å². The van der Waals surface area contributed by atoms with Gasteiger partial charge in [0.05, 0.1) is 0 Å². The van der Waals surface area contributed by atoms with E-state index >= 15 is 0 Å². The van der Waals surface area contributed by atoms with E-state index in [0.717, 1.165) is 51.0 Å². The second kappa shape index (κ2) is 4.01. The maximum Gasteiger partial charge on any atom is 0.344 e. The summed E-state index contributed by atoms with van der Waals surface area (Å²) in [4.78, 5) is 25.9. The summed E-state index contributed by atoms with van der Waals surface area (Å²) in [7, 11) is 0. The molecule has 0 spiro atoms. The molecule has 3 heterocycles. The van der Waals surface area contributed by atoms with Crippen molar-refractivity contribution in [3.63, 3.8) is 0 Å². The first-order chi connectivity index (χ1) is 8.27. The standard InChI is InChI=1S/C11H16N4O2/c16-10(14-6-1-2-7-14)8-4-3-5-9-12-13-11(17)15(8)9/h8H,1-7H2,(H,13,17)/t8-/m1/s1. The van der Waals surface area contributed by atoms with Gasteiger partial charge in [-0.1, -0.05) is 0 Å². The summed E-state index contributed by atoms with van der Waals surface area (Å²) in [5.41, 5.74) is -0.253. The van der Waals surface area contributed by atoms with Gasteiger partial charge in [0, 0.05) is 19.5 Å². The van der Waals surface area contributed by atoms with Crippen LogP contribution in [0.1, 0.15) is 37.5 Å². The Morgan fingerprint density at radius 3 is 2.82 bits per heavy atom. The number of nitrogens with zero attached hydrogens (tertiary/aromatic N) is 3. The lowest BCUT2D eigenvalue weighted by molar-refractivity contribution is -0.134. The van der Waals surface area contributed by atoms with Crippen molar-refractivity contribution < 1.29 is 4.79 Å². The zero-order chi connectivity index (χ0) is 11.8. The maximum atomic E-state index is 12.3. The van der Waals surface area contributed by atoms with Gasteiger partial charge in [-0.25, -0.2) is 9.89 Å². The molecule has 6 nitrogen and oxygen atoms in total. The number of carbonyl (C=O) groups excluding carboxylic acids is 1. The first kappa shape index (κ1) is 10.6. The molecule has 0 unspecified atom stereocenters. The second-order valence-electron chi connectivity index (χ2n) is 4.76. The normalized spacial score (nSPS) is 23.8. The average Bonchev–Trinajstić information content (AvgIpc) is 2.98. The van der Waals surface area contributed by atoms with Gasteiger partial charge in [0.2, 0.25) is 5.91 Å². The van der Waals surface area contributed by atoms with Gasteiger partial charge in [-0.2, -0.15) is 5.10 Å². The van der Waals surface area contributed by atoms with Crippen LogP contribution >= 0.6 is 0 Å². The van der Waals surface area contributed by atoms with Crippen LogP contribution in [0.2, 0.25) is 0 Å². The number of aryl methyl sites for hydroxylation is 1. The predicted octanol–water partition coefficient (Wildman–Crippen LogP) is 0.0712. The Balaban J connectivity index is 1.91. The van der Waals surface area contributed by atoms with Gasteiger partial charge in [-0.3, -0.25) is 9.36 Å². The lowest BCUT2D eigenvalue weighted by Gasteiger charge is -2.26. The van der Waals surface area contributed by atoms with Gasteiger partial charge in [-0.05, 0) is 25.7 Å². The van der Waals surface area contributed by atoms with Crippen molar-refractivity contribution in [3.8, 4) is 0 Å². The van der Waals surface area contributed by atoms with Crippen molar-refractivity contribution in [2.75, 3.05) is 13.1 Å². The smallest absolute Gasteiger partial charge is 0.341 e. The fourth-order valence-electron chi connectivity index (χ4n) is 2.80. The Bertz CT molecular complexity index is 484. The van der Waals surface area contributed by atoms with E-state index in [2.05, 4.69) is 10.2 Å². The lowest BCUT2D eigenvalue weighted by Crippen LogP contribution is -2.40. The molecule has 0 bridgehead atoms. The van der Waals surface area contributed by atoms with E-state index in [1.165, 1.54) is 0 Å². The second-order valence-corrected chi connectivity index (χ2v) is 4.76. The number of nitrogens with one attached hydrogen (secondary N) is 1. The highest BCUT2D eigenvalue weighted by Crippen LogP contribution is 2.24. The minimum Gasteiger partial charge on any atom is -0.341 e. The van der Waals surface area contributed by atoms with Crippen LogP contribution in [0.3, 0.4) is 0 Å². The summed E-state index contributed by atoms with van der Waals surface area (Å²) in [6.45, 7) is 1.66. The van der Waals surface area contributed by atoms with Crippen molar-refractivity contribution >= 4 is 5.91 Å². The topological polar surface area (TPSA) is 71.0 Å². The number of hydrogen-bond acceptors (Lipinski definition) is 3. The summed E-state index contributed by atoms with van der Waals surface area (Å²) in [5, 5.41) is 6.41. The van der Waals surface area contributed by atoms with Crippen LogP contribution in [0.5, 0.6) is 0 Å². The molecule has 0 aromatic carbocycles. The number of aromatic amines is 1. The molecule has 0 radical (unpaired) electrons. The van der Waals surface area contributed by atoms with Crippen LogP contribution in [0, 0.1) is 0 Å². The third-order valence-electron chi connectivity index (χ3n) is 3.67. The molecule has 92 valence electrons. The van der Waals surface area contributed by atoms with E-state index in [9.17, 15) is 9.59 Å². The number of likely N-dealkylation sites (tertiary alicyclic amines) is 1. The van der Waals surface area contributed by atoms with Gasteiger partial charge in [0.1, 0.15) is 11.9 Å². The average molecular weight is 236 g/mol. The molecule has 1 fully saturated rings. The Kier molecular flexibility index (Phi) is 2.49. The third-order valence-corrected chi connectivity index (χ3v) is 3.67. The lowest BCUT2D eigenvalue weighted by atomic mass is 10.0. The van der Waals surface area contributed by atoms with Crippen molar-refractivity contribution in [1.29, 1.82) is 0 Å². The number of amides is 1. The largest absolute Gasteiger partial charge is 0.344 e. The Morgan fingerprint density at radius 2 is 2.06 bits per heavy atom. The van der Waals surface area contributed by atoms with Crippen LogP contribution in [0.25, 0.3) is 0 Å². The molecule has 1 aromatic rings. The minimum atomic E-state index is -0.330. The van der Waals surface area contributed by atoms with Gasteiger partial charge >= 0.3 is 5.69 Å². The van der Waals surface area contributed by atoms with E-state index in [1.807, 2.05) is 4.90 Å². The molecule has 0 aliphatic carbocycles. The molecule has 1 aromatic heterocycles. The molecule has 1 atom stereocenters. The van der Waals surface area contributed by atoms with Crippen LogP contribution in [0.4, 0.5) is 0 Å². The molecular formula is C11H16N4O2. The molecule has 0 saturated carbocycles. The minimum absolute atomic E-state index is 0.0898. The molecule has 3 rings (SSSR count). The highest BCUT2D eigenvalue weighted by Gasteiger charge is 2.32. The molecule has 1 amide bonds. The van der Waals surface area contributed by atoms with Gasteiger partial charge in [0.15, 0.2) is 0 Å². The van der Waals surface area contributed by atoms with Crippen molar-refractivity contribution in [1.82, 2.24) is 19.7 Å². The first-order valence-corrected chi connectivity index (χ1v) is 6.22. The quantitative estimate of drug-likeness (QED) is 0.750. The van der Waals surface area contributed by atoms with Crippen molar-refractivity contribution in [3.05, 3.63) is 16.3 Å². The zero-order valence-corrected chi connectivity index (χ0v) is 9.69. The van der Waals surface area contributed by atoms with E-state index in [4.69, 9.17) is 0 Å². The van der Waals surface area contributed by atoms with Gasteiger partial charge in [0.25, 0.3) is 0 Å². The van der Waals surface area contributed by atoms with Crippen LogP contribution in [-0.2, 0) is 11.2 Å². The SMILES string of the molecule is O=C([C@H]1CCCc2n[nH]c(=O)n21)N1CCCC1. The van der Waals surface area contributed by atoms with Gasteiger partial charge < -0.3 is 4.90 Å². The van der Waals surface area contributed by atoms with E-state index in [0.29, 0.717) is 0 Å². The summed E-state index contributed by atoms with van der Waals surface area (Å²) in [6.07, 6.45) is 4.61. The monoisotopic (exact) mass is 236 g/mol. The summed E-state index contributed by atoms with van der Waals surface area (Å²) < 4.78 is 1.55. The molecule has 1 saturated heterocycles. The molecule has 17 heavy (non-hydrogen) atoms. The molecule has 2 aliphatic heterocycles. The summed E-state index contributed by atoms with van der Waals surface area (Å²) >= 11 is 0. The first-order valence-electron chi connectivity index (χ1n) is 6.22. The summed E-state index contributed by atoms with van der Waals surface area (Å²) in [5.74, 6) is 0.811. The number of carbonyl (C=O) groups is 1. The van der Waals surface area contributed by atoms with E-state index in [-0.39, 0.29) is 17.6 Å². The van der Waals surface area contributed by atoms with Crippen LogP contribution in [-0.4, -0.2) is 38.7 Å². The van der Waals surface area contributed by atoms with E-state index < -0.39 is 0 Å². The number of aromatic nitrogens is 3. The maximum absolute atomic E-state index is 12.3. The number of hydrogen-bond donors (Lipinski definition) is 1. The van der Waals surface area contributed by atoms with E-state index in [1.54, 1.807) is 4.57 Å². The fraction of sp³-hybridized carbons (Fsp3) is 0.727. The highest BCUT2D eigenvalue weighted by atomic mass is 16.2. The Morgan fingerprint density at radius 1 is 1.29 bits per heavy atom. The van der Waals surface area contributed by atoms with Gasteiger partial charge in [-0.15, -0.1) is 0 Å². The number of fused-ring (bicyclic) bond motifs is 1. The molecule has 6 heteroatoms. The Hall–Kier alpha value is -1.59. The zero-order valence-electron chi connectivity index (χ0n) is 9.69. The molecule has 1 N–H and O–H groups in total. The molecule has 2 aliphatic rings. The van der Waals surface area contributed by atoms with Crippen molar-refractivity contribution in [2.45, 2.75) is 38.1 Å². The number of H-pyrrole nitrogens is 1. The van der Waals surface area contributed by atoms with Crippen LogP contribution < -0.4 is 5.69 Å². The molecular weight excluding hydrogens is 220 g/mol. The predicted molar refractivity (Wildman–Crippen MR) is 60.6 cm³/mol. The summed E-state index contributed by atoms with van der Waals surface area (Å²) in [6, 6.07) is -0.330.